The van der Waals surface area contributed by atoms with Crippen molar-refractivity contribution in [2.75, 3.05) is 14.2 Å². The second kappa shape index (κ2) is 7.12. The van der Waals surface area contributed by atoms with Crippen molar-refractivity contribution in [2.45, 2.75) is 19.3 Å². The molecule has 6 heteroatoms. The van der Waals surface area contributed by atoms with Crippen molar-refractivity contribution in [3.63, 3.8) is 0 Å². The molecule has 1 aromatic heterocycles. The van der Waals surface area contributed by atoms with E-state index in [2.05, 4.69) is 21.5 Å². The van der Waals surface area contributed by atoms with Crippen LogP contribution in [0.4, 0.5) is 0 Å². The van der Waals surface area contributed by atoms with Gasteiger partial charge in [-0.1, -0.05) is 50.8 Å². The summed E-state index contributed by atoms with van der Waals surface area (Å²) in [6, 6.07) is 11.2. The summed E-state index contributed by atoms with van der Waals surface area (Å²) in [6.45, 7) is 8.10. The lowest BCUT2D eigenvalue weighted by molar-refractivity contribution is 0.385. The van der Waals surface area contributed by atoms with Gasteiger partial charge in [0, 0.05) is 11.1 Å². The van der Waals surface area contributed by atoms with Crippen LogP contribution in [0.15, 0.2) is 58.5 Å². The molecular weight excluding hydrogens is 306 g/mol. The molecule has 0 bridgehead atoms. The summed E-state index contributed by atoms with van der Waals surface area (Å²) in [4.78, 5) is 22.9. The Balaban J connectivity index is 2.42. The highest BCUT2D eigenvalue weighted by molar-refractivity contribution is 5.91. The first-order chi connectivity index (χ1) is 11.4. The van der Waals surface area contributed by atoms with Crippen LogP contribution in [0.1, 0.15) is 25.2 Å². The molecule has 0 saturated carbocycles. The SMILES string of the molecule is C=C(N=C(OC)c1nc(OC)cc(=O)[nH]1)C(C)(C)c1ccccc1. The molecule has 1 aromatic carbocycles. The first-order valence-corrected chi connectivity index (χ1v) is 7.41. The molecule has 0 fully saturated rings. The van der Waals surface area contributed by atoms with Crippen molar-refractivity contribution in [1.82, 2.24) is 9.97 Å². The molecule has 0 unspecified atom stereocenters. The fourth-order valence-corrected chi connectivity index (χ4v) is 2.12. The van der Waals surface area contributed by atoms with Crippen LogP contribution in [0.3, 0.4) is 0 Å². The topological polar surface area (TPSA) is 76.6 Å². The van der Waals surface area contributed by atoms with E-state index in [0.717, 1.165) is 5.56 Å². The van der Waals surface area contributed by atoms with Crippen LogP contribution in [0.25, 0.3) is 0 Å². The monoisotopic (exact) mass is 327 g/mol. The molecule has 126 valence electrons. The fraction of sp³-hybridized carbons (Fsp3) is 0.278. The molecule has 0 saturated heterocycles. The second-order valence-corrected chi connectivity index (χ2v) is 5.70. The van der Waals surface area contributed by atoms with Crippen molar-refractivity contribution in [1.29, 1.82) is 0 Å². The molecule has 24 heavy (non-hydrogen) atoms. The number of ether oxygens (including phenoxy) is 2. The second-order valence-electron chi connectivity index (χ2n) is 5.70. The van der Waals surface area contributed by atoms with E-state index < -0.39 is 5.41 Å². The smallest absolute Gasteiger partial charge is 0.257 e. The third-order valence-corrected chi connectivity index (χ3v) is 3.78. The van der Waals surface area contributed by atoms with E-state index in [4.69, 9.17) is 9.47 Å². The van der Waals surface area contributed by atoms with Crippen molar-refractivity contribution in [3.8, 4) is 5.88 Å². The summed E-state index contributed by atoms with van der Waals surface area (Å²) in [6.07, 6.45) is 0. The third kappa shape index (κ3) is 3.71. The number of aromatic nitrogens is 2. The molecule has 2 rings (SSSR count). The zero-order valence-corrected chi connectivity index (χ0v) is 14.3. The molecule has 2 aromatic rings. The number of nitrogens with zero attached hydrogens (tertiary/aromatic N) is 2. The van der Waals surface area contributed by atoms with Crippen molar-refractivity contribution in [2.24, 2.45) is 4.99 Å². The number of H-pyrrole nitrogens is 1. The van der Waals surface area contributed by atoms with Crippen LogP contribution < -0.4 is 10.3 Å². The Labute approximate surface area is 140 Å². The van der Waals surface area contributed by atoms with Gasteiger partial charge in [0.05, 0.1) is 20.3 Å². The largest absolute Gasteiger partial charge is 0.481 e. The summed E-state index contributed by atoms with van der Waals surface area (Å²) < 4.78 is 10.3. The first kappa shape index (κ1) is 17.5. The van der Waals surface area contributed by atoms with Gasteiger partial charge < -0.3 is 14.5 Å². The average molecular weight is 327 g/mol. The van der Waals surface area contributed by atoms with Gasteiger partial charge in [-0.15, -0.1) is 0 Å². The van der Waals surface area contributed by atoms with Crippen molar-refractivity contribution < 1.29 is 9.47 Å². The van der Waals surface area contributed by atoms with Gasteiger partial charge in [-0.05, 0) is 5.56 Å². The summed E-state index contributed by atoms with van der Waals surface area (Å²) in [5, 5.41) is 0. The van der Waals surface area contributed by atoms with Gasteiger partial charge in [0.1, 0.15) is 0 Å². The van der Waals surface area contributed by atoms with Gasteiger partial charge in [0.15, 0.2) is 5.82 Å². The lowest BCUT2D eigenvalue weighted by Crippen LogP contribution is -2.22. The molecule has 6 nitrogen and oxygen atoms in total. The number of benzene rings is 1. The Kier molecular flexibility index (Phi) is 5.18. The van der Waals surface area contributed by atoms with Gasteiger partial charge in [-0.3, -0.25) is 4.79 Å². The van der Waals surface area contributed by atoms with Crippen LogP contribution in [-0.2, 0) is 10.2 Å². The summed E-state index contributed by atoms with van der Waals surface area (Å²) >= 11 is 0. The maximum absolute atomic E-state index is 11.7. The van der Waals surface area contributed by atoms with Gasteiger partial charge in [0.25, 0.3) is 11.5 Å². The average Bonchev–Trinajstić information content (AvgIpc) is 2.59. The Bertz CT molecular complexity index is 808. The molecule has 0 aliphatic rings. The van der Waals surface area contributed by atoms with Gasteiger partial charge >= 0.3 is 0 Å². The number of aliphatic imine (C=N–C) groups is 1. The van der Waals surface area contributed by atoms with E-state index in [0.29, 0.717) is 5.70 Å². The normalized spacial score (nSPS) is 11.9. The molecule has 1 N–H and O–H groups in total. The summed E-state index contributed by atoms with van der Waals surface area (Å²) in [5.41, 5.74) is 0.886. The highest BCUT2D eigenvalue weighted by atomic mass is 16.5. The Morgan fingerprint density at radius 3 is 2.50 bits per heavy atom. The quantitative estimate of drug-likeness (QED) is 0.676. The van der Waals surface area contributed by atoms with E-state index in [1.165, 1.54) is 20.3 Å². The number of hydrogen-bond donors (Lipinski definition) is 1. The fourth-order valence-electron chi connectivity index (χ4n) is 2.12. The van der Waals surface area contributed by atoms with Crippen molar-refractivity contribution in [3.05, 3.63) is 70.4 Å². The Morgan fingerprint density at radius 1 is 1.25 bits per heavy atom. The predicted molar refractivity (Wildman–Crippen MR) is 93.6 cm³/mol. The highest BCUT2D eigenvalue weighted by Gasteiger charge is 2.25. The van der Waals surface area contributed by atoms with Crippen LogP contribution in [-0.4, -0.2) is 30.1 Å². The van der Waals surface area contributed by atoms with E-state index in [-0.39, 0.29) is 23.2 Å². The molecule has 0 spiro atoms. The lowest BCUT2D eigenvalue weighted by Gasteiger charge is -2.25. The summed E-state index contributed by atoms with van der Waals surface area (Å²) in [7, 11) is 2.90. The van der Waals surface area contributed by atoms with Crippen LogP contribution in [0.5, 0.6) is 5.88 Å². The first-order valence-electron chi connectivity index (χ1n) is 7.41. The third-order valence-electron chi connectivity index (χ3n) is 3.78. The molecule has 0 aliphatic heterocycles. The van der Waals surface area contributed by atoms with Crippen LogP contribution >= 0.6 is 0 Å². The molecular formula is C18H21N3O3. The minimum absolute atomic E-state index is 0.167. The molecule has 1 heterocycles. The Morgan fingerprint density at radius 2 is 1.92 bits per heavy atom. The number of rotatable bonds is 5. The van der Waals surface area contributed by atoms with E-state index in [1.54, 1.807) is 0 Å². The number of aromatic amines is 1. The van der Waals surface area contributed by atoms with Crippen LogP contribution in [0.2, 0.25) is 0 Å². The van der Waals surface area contributed by atoms with Crippen LogP contribution in [0, 0.1) is 0 Å². The minimum Gasteiger partial charge on any atom is -0.481 e. The summed E-state index contributed by atoms with van der Waals surface area (Å²) in [5.74, 6) is 0.540. The van der Waals surface area contributed by atoms with Crippen molar-refractivity contribution >= 4 is 5.90 Å². The zero-order valence-electron chi connectivity index (χ0n) is 14.3. The number of methoxy groups -OCH3 is 2. The maximum Gasteiger partial charge on any atom is 0.257 e. The molecule has 0 atom stereocenters. The predicted octanol–water partition coefficient (Wildman–Crippen LogP) is 2.66. The zero-order chi connectivity index (χ0) is 17.7. The molecule has 0 radical (unpaired) electrons. The van der Waals surface area contributed by atoms with Gasteiger partial charge in [-0.2, -0.15) is 4.98 Å². The van der Waals surface area contributed by atoms with E-state index >= 15 is 0 Å². The van der Waals surface area contributed by atoms with Gasteiger partial charge in [0.2, 0.25) is 5.88 Å². The van der Waals surface area contributed by atoms with E-state index in [9.17, 15) is 4.79 Å². The Hall–Kier alpha value is -2.89. The molecule has 0 amide bonds. The number of nitrogens with one attached hydrogen (secondary N) is 1. The maximum atomic E-state index is 11.7. The van der Waals surface area contributed by atoms with Gasteiger partial charge in [-0.25, -0.2) is 4.99 Å². The lowest BCUT2D eigenvalue weighted by atomic mass is 9.82. The highest BCUT2D eigenvalue weighted by Crippen LogP contribution is 2.31. The minimum atomic E-state index is -0.412. The van der Waals surface area contributed by atoms with E-state index in [1.807, 2.05) is 44.2 Å². The number of allylic oxidation sites excluding steroid dienone is 1. The standard InChI is InChI=1S/C18H21N3O3/c1-12(18(2,3)13-9-7-6-8-10-13)19-17(24-5)16-20-14(22)11-15(21-16)23-4/h6-11H,1H2,2-5H3,(H,20,21,22). The molecule has 0 aliphatic carbocycles. The number of hydrogen-bond acceptors (Lipinski definition) is 5.